The SMILES string of the molecule is CCOC(=O)c1cn(CC(=O)Nc2cc(Cl)c(OC)cc2OC)c2ccccc2c1=O.CCOc1ccc(C(=O)Cn2c(=O)n(CC(=O)Nc3ccccc3O)c(=O)c3ccccc32)cc1Cl.CCOc1ccc(C(=O)Cn2cc(C(=O)Nc3ccc(OC)cc3)c(=O)c3ccccc32)cc1Cl.CCOc1ccc(C(=O)Cn2cc(C(C)=O)c(=O)c3ccccc32)cc1Cl. The molecule has 0 aliphatic rings. The molecule has 0 aliphatic carbocycles. The topological polar surface area (TPSA) is 367 Å². The van der Waals surface area contributed by atoms with Crippen LogP contribution in [0.3, 0.4) is 0 Å². The third kappa shape index (κ3) is 22.9. The molecule has 0 fully saturated rings. The van der Waals surface area contributed by atoms with Crippen LogP contribution in [0.25, 0.3) is 43.6 Å². The van der Waals surface area contributed by atoms with Gasteiger partial charge < -0.3 is 67.9 Å². The Kier molecular flexibility index (Phi) is 32.2. The third-order valence-corrected chi connectivity index (χ3v) is 20.9. The van der Waals surface area contributed by atoms with Crippen LogP contribution in [-0.4, -0.2) is 123 Å². The van der Waals surface area contributed by atoms with Crippen molar-refractivity contribution in [1.82, 2.24) is 22.8 Å². The molecule has 29 nitrogen and oxygen atoms in total. The Hall–Kier alpha value is -14.9. The van der Waals surface area contributed by atoms with Crippen molar-refractivity contribution in [3.05, 3.63) is 336 Å². The number of esters is 1. The van der Waals surface area contributed by atoms with Crippen LogP contribution in [0.1, 0.15) is 96.8 Å². The summed E-state index contributed by atoms with van der Waals surface area (Å²) in [5, 5.41) is 20.3. The number of carbonyl (C=O) groups is 8. The van der Waals surface area contributed by atoms with Gasteiger partial charge in [0.2, 0.25) is 22.7 Å². The Labute approximate surface area is 756 Å². The molecule has 10 aromatic carbocycles. The fraction of sp³-hybridized carbons (Fsp3) is 0.177. The monoisotopic (exact) mass is 1820 g/mol. The number of carbonyl (C=O) groups excluding carboxylic acids is 8. The molecular weight excluding hydrogens is 1740 g/mol. The zero-order chi connectivity index (χ0) is 92.9. The third-order valence-electron chi connectivity index (χ3n) is 19.7. The zero-order valence-electron chi connectivity index (χ0n) is 70.7. The number of amides is 3. The number of hydrogen-bond acceptors (Lipinski definition) is 21. The van der Waals surface area contributed by atoms with E-state index in [0.717, 1.165) is 9.13 Å². The number of anilines is 3. The van der Waals surface area contributed by atoms with Crippen LogP contribution in [0.5, 0.6) is 40.2 Å². The van der Waals surface area contributed by atoms with Crippen molar-refractivity contribution in [3.8, 4) is 40.2 Å². The van der Waals surface area contributed by atoms with Crippen LogP contribution < -0.4 is 71.9 Å². The molecule has 662 valence electrons. The lowest BCUT2D eigenvalue weighted by Crippen LogP contribution is -2.43. The Balaban J connectivity index is 0.000000167. The van der Waals surface area contributed by atoms with Gasteiger partial charge in [0.25, 0.3) is 11.5 Å². The van der Waals surface area contributed by atoms with Crippen molar-refractivity contribution in [3.63, 3.8) is 0 Å². The molecule has 0 saturated heterocycles. The Morgan fingerprint density at radius 2 is 0.783 bits per heavy atom. The highest BCUT2D eigenvalue weighted by Crippen LogP contribution is 2.37. The lowest BCUT2D eigenvalue weighted by molar-refractivity contribution is -0.117. The summed E-state index contributed by atoms with van der Waals surface area (Å²) in [6, 6.07) is 57.0. The molecule has 0 unspecified atom stereocenters. The lowest BCUT2D eigenvalue weighted by Gasteiger charge is -2.15. The van der Waals surface area contributed by atoms with Crippen molar-refractivity contribution in [2.45, 2.75) is 67.3 Å². The number of fused-ring (bicyclic) bond motifs is 4. The first-order valence-electron chi connectivity index (χ1n) is 39.9. The van der Waals surface area contributed by atoms with E-state index >= 15 is 0 Å². The van der Waals surface area contributed by atoms with E-state index in [0.29, 0.717) is 125 Å². The number of phenolic OH excluding ortho intramolecular Hbond substituents is 1. The van der Waals surface area contributed by atoms with Crippen LogP contribution in [0.2, 0.25) is 20.1 Å². The first-order valence-corrected chi connectivity index (χ1v) is 41.4. The van der Waals surface area contributed by atoms with Gasteiger partial charge in [-0.25, -0.2) is 9.59 Å². The maximum absolute atomic E-state index is 13.3. The average Bonchev–Trinajstić information content (AvgIpc) is 0.774. The van der Waals surface area contributed by atoms with Gasteiger partial charge in [0.1, 0.15) is 64.5 Å². The highest BCUT2D eigenvalue weighted by Gasteiger charge is 2.25. The highest BCUT2D eigenvalue weighted by molar-refractivity contribution is 6.34. The number of ether oxygens (including phenoxy) is 7. The molecule has 0 aliphatic heterocycles. The molecule has 0 saturated carbocycles. The number of pyridine rings is 3. The molecule has 4 N–H and O–H groups in total. The number of aromatic hydroxyl groups is 1. The number of aromatic nitrogens is 5. The summed E-state index contributed by atoms with van der Waals surface area (Å²) in [5.41, 5.74) is 1.15. The summed E-state index contributed by atoms with van der Waals surface area (Å²) in [6.45, 7) is 8.69. The molecule has 129 heavy (non-hydrogen) atoms. The summed E-state index contributed by atoms with van der Waals surface area (Å²) in [4.78, 5) is 166. The number of nitrogens with zero attached hydrogens (tertiary/aromatic N) is 5. The molecule has 0 radical (unpaired) electrons. The van der Waals surface area contributed by atoms with Gasteiger partial charge in [0.05, 0.1) is 132 Å². The van der Waals surface area contributed by atoms with Crippen LogP contribution >= 0.6 is 46.4 Å². The fourth-order valence-corrected chi connectivity index (χ4v) is 14.5. The zero-order valence-corrected chi connectivity index (χ0v) is 73.7. The molecule has 14 rings (SSSR count). The van der Waals surface area contributed by atoms with Gasteiger partial charge in [0.15, 0.2) is 28.6 Å². The number of rotatable bonds is 29. The first kappa shape index (κ1) is 94.8. The van der Waals surface area contributed by atoms with Gasteiger partial charge in [-0.2, -0.15) is 0 Å². The normalized spacial score (nSPS) is 10.7. The van der Waals surface area contributed by atoms with E-state index < -0.39 is 58.1 Å². The first-order chi connectivity index (χ1) is 62.0. The molecule has 14 aromatic rings. The minimum atomic E-state index is -0.823. The lowest BCUT2D eigenvalue weighted by atomic mass is 10.1. The molecular formula is C96H84Cl4N8O21. The van der Waals surface area contributed by atoms with E-state index in [1.807, 2.05) is 20.8 Å². The second-order valence-corrected chi connectivity index (χ2v) is 29.7. The number of halogens is 4. The van der Waals surface area contributed by atoms with Crippen LogP contribution in [0.4, 0.5) is 17.1 Å². The van der Waals surface area contributed by atoms with E-state index in [-0.39, 0.29) is 105 Å². The van der Waals surface area contributed by atoms with E-state index in [1.165, 1.54) is 74.6 Å². The molecule has 0 atom stereocenters. The van der Waals surface area contributed by atoms with Crippen molar-refractivity contribution in [2.75, 3.05) is 63.7 Å². The second kappa shape index (κ2) is 43.8. The highest BCUT2D eigenvalue weighted by atomic mass is 35.5. The summed E-state index contributed by atoms with van der Waals surface area (Å²) < 4.78 is 43.4. The van der Waals surface area contributed by atoms with Gasteiger partial charge in [-0.3, -0.25) is 61.9 Å². The number of benzene rings is 10. The molecule has 3 amide bonds. The number of ketones is 4. The van der Waals surface area contributed by atoms with Crippen LogP contribution in [0, 0.1) is 0 Å². The smallest absolute Gasteiger partial charge is 0.343 e. The maximum atomic E-state index is 13.3. The van der Waals surface area contributed by atoms with Crippen LogP contribution in [0.15, 0.2) is 255 Å². The van der Waals surface area contributed by atoms with Gasteiger partial charge in [-0.05, 0) is 180 Å². The van der Waals surface area contributed by atoms with E-state index in [2.05, 4.69) is 16.0 Å². The van der Waals surface area contributed by atoms with Crippen LogP contribution in [-0.2, 0) is 47.0 Å². The molecule has 0 spiro atoms. The molecule has 33 heteroatoms. The molecule has 0 bridgehead atoms. The summed E-state index contributed by atoms with van der Waals surface area (Å²) in [6.07, 6.45) is 4.19. The van der Waals surface area contributed by atoms with Crippen molar-refractivity contribution < 1.29 is 76.6 Å². The molecule has 4 aromatic heterocycles. The van der Waals surface area contributed by atoms with E-state index in [9.17, 15) is 67.4 Å². The van der Waals surface area contributed by atoms with Crippen molar-refractivity contribution in [2.24, 2.45) is 0 Å². The Morgan fingerprint density at radius 3 is 1.25 bits per heavy atom. The quantitative estimate of drug-likeness (QED) is 0.0192. The summed E-state index contributed by atoms with van der Waals surface area (Å²) in [7, 11) is 4.48. The van der Waals surface area contributed by atoms with E-state index in [1.54, 1.807) is 205 Å². The number of phenols is 1. The number of para-hydroxylation sites is 6. The minimum Gasteiger partial charge on any atom is -0.506 e. The van der Waals surface area contributed by atoms with Gasteiger partial charge in [-0.1, -0.05) is 107 Å². The maximum Gasteiger partial charge on any atom is 0.343 e. The minimum absolute atomic E-state index is 0.0224. The summed E-state index contributed by atoms with van der Waals surface area (Å²) >= 11 is 24.8. The number of methoxy groups -OCH3 is 3. The predicted octanol–water partition coefficient (Wildman–Crippen LogP) is 16.3. The van der Waals surface area contributed by atoms with Crippen molar-refractivity contribution in [1.29, 1.82) is 0 Å². The number of Topliss-reactive ketones (excluding diaryl/α,β-unsaturated/α-hetero) is 4. The van der Waals surface area contributed by atoms with Gasteiger partial charge in [-0.15, -0.1) is 0 Å². The Morgan fingerprint density at radius 1 is 0.372 bits per heavy atom. The van der Waals surface area contributed by atoms with E-state index in [4.69, 9.17) is 79.6 Å². The van der Waals surface area contributed by atoms with Crippen molar-refractivity contribution >= 4 is 154 Å². The standard InChI is InChI=1S/C27H23ClN2O5.C26H22ClN3O6.C22H21ClN2O6.C21H18ClNO4/c1-3-35-25-13-8-17(14-22(25)28)24(31)16-30-15-21(26(32)20-6-4-5-7-23(20)30)27(33)29-18-9-11-19(34-2)12-10-18;1-2-36-23-12-11-16(13-18(23)27)22(32)14-29-20-9-5-3-7-17(20)25(34)30(26(29)35)15-24(33)28-19-8-4-6-10-21(19)31;1-4-31-22(28)14-11-25(17-8-6-5-7-13(17)21(14)27)12-20(26)24-16-9-15(23)18(29-2)10-19(16)30-3;1-3-27-20-9-8-14(10-17(20)22)19(25)12-23-11-16(13(2)24)21(26)15-6-4-5-7-18(15)23/h4-15H,3,16H2,1-2H3,(H,29,33);3-13,31H,2,14-15H2,1H3,(H,28,33);5-11H,4,12H2,1-3H3,(H,24,26);4-11H,3,12H2,1-2H3. The Bertz CT molecular complexity index is 7010. The second-order valence-electron chi connectivity index (χ2n) is 28.1. The predicted molar refractivity (Wildman–Crippen MR) is 495 cm³/mol. The number of hydrogen-bond donors (Lipinski definition) is 4. The number of nitrogens with one attached hydrogen (secondary N) is 3. The average molecular weight is 1830 g/mol. The fourth-order valence-electron chi connectivity index (χ4n) is 13.5. The van der Waals surface area contributed by atoms with Gasteiger partial charge in [0, 0.05) is 63.2 Å². The summed E-state index contributed by atoms with van der Waals surface area (Å²) in [5.74, 6) is -0.896. The van der Waals surface area contributed by atoms with Gasteiger partial charge >= 0.3 is 11.7 Å². The molecule has 4 heterocycles. The largest absolute Gasteiger partial charge is 0.506 e.